The first-order valence-corrected chi connectivity index (χ1v) is 5.18. The van der Waals surface area contributed by atoms with Gasteiger partial charge in [-0.15, -0.1) is 0 Å². The summed E-state index contributed by atoms with van der Waals surface area (Å²) in [6.07, 6.45) is 3.64. The summed E-state index contributed by atoms with van der Waals surface area (Å²) in [6.45, 7) is 7.78. The van der Waals surface area contributed by atoms with Crippen molar-refractivity contribution >= 4 is 0 Å². The molecule has 13 heavy (non-hydrogen) atoms. The maximum atomic E-state index is 5.05. The predicted molar refractivity (Wildman–Crippen MR) is 58.0 cm³/mol. The third-order valence-corrected chi connectivity index (χ3v) is 2.55. The third kappa shape index (κ3) is 7.03. The van der Waals surface area contributed by atoms with Crippen LogP contribution >= 0.6 is 0 Å². The van der Waals surface area contributed by atoms with Crippen molar-refractivity contribution in [1.82, 2.24) is 5.32 Å². The summed E-state index contributed by atoms with van der Waals surface area (Å²) in [4.78, 5) is 0. The van der Waals surface area contributed by atoms with Crippen LogP contribution in [0.15, 0.2) is 0 Å². The highest BCUT2D eigenvalue weighted by Crippen LogP contribution is 2.27. The van der Waals surface area contributed by atoms with Crippen LogP contribution < -0.4 is 5.32 Å². The van der Waals surface area contributed by atoms with Crippen LogP contribution in [-0.4, -0.2) is 26.8 Å². The molecular formula is C11H25NO. The molecule has 0 aliphatic rings. The van der Waals surface area contributed by atoms with Crippen LogP contribution in [0.3, 0.4) is 0 Å². The van der Waals surface area contributed by atoms with E-state index in [9.17, 15) is 0 Å². The zero-order chi connectivity index (χ0) is 10.3. The minimum atomic E-state index is 0.432. The van der Waals surface area contributed by atoms with Crippen molar-refractivity contribution < 1.29 is 4.74 Å². The van der Waals surface area contributed by atoms with Crippen LogP contribution in [0.4, 0.5) is 0 Å². The van der Waals surface area contributed by atoms with Crippen LogP contribution in [0, 0.1) is 5.41 Å². The standard InChI is InChI=1S/C11H25NO/c1-10(12-4)9-11(2,3)7-6-8-13-5/h10,12H,6-9H2,1-5H3. The Hall–Kier alpha value is -0.0800. The lowest BCUT2D eigenvalue weighted by Gasteiger charge is -2.27. The Bertz CT molecular complexity index is 123. The number of hydrogen-bond donors (Lipinski definition) is 1. The lowest BCUT2D eigenvalue weighted by atomic mass is 9.82. The highest BCUT2D eigenvalue weighted by molar-refractivity contribution is 4.74. The monoisotopic (exact) mass is 187 g/mol. The molecule has 0 rings (SSSR count). The summed E-state index contributed by atoms with van der Waals surface area (Å²) in [6, 6.07) is 0.609. The van der Waals surface area contributed by atoms with Crippen molar-refractivity contribution in [3.63, 3.8) is 0 Å². The van der Waals surface area contributed by atoms with Gasteiger partial charge in [0.25, 0.3) is 0 Å². The Labute approximate surface area is 83.1 Å². The molecule has 0 aromatic rings. The molecule has 2 nitrogen and oxygen atoms in total. The number of hydrogen-bond acceptors (Lipinski definition) is 2. The van der Waals surface area contributed by atoms with Crippen LogP contribution in [0.5, 0.6) is 0 Å². The first-order chi connectivity index (χ1) is 6.02. The first-order valence-electron chi connectivity index (χ1n) is 5.18. The molecule has 0 saturated heterocycles. The molecule has 0 amide bonds. The van der Waals surface area contributed by atoms with E-state index < -0.39 is 0 Å². The van der Waals surface area contributed by atoms with Gasteiger partial charge in [-0.1, -0.05) is 13.8 Å². The van der Waals surface area contributed by atoms with Gasteiger partial charge in [0.1, 0.15) is 0 Å². The maximum absolute atomic E-state index is 5.05. The van der Waals surface area contributed by atoms with E-state index in [2.05, 4.69) is 26.1 Å². The topological polar surface area (TPSA) is 21.3 Å². The van der Waals surface area contributed by atoms with Crippen LogP contribution in [-0.2, 0) is 4.74 Å². The third-order valence-electron chi connectivity index (χ3n) is 2.55. The fourth-order valence-electron chi connectivity index (χ4n) is 1.73. The van der Waals surface area contributed by atoms with Crippen LogP contribution in [0.1, 0.15) is 40.0 Å². The lowest BCUT2D eigenvalue weighted by Crippen LogP contribution is -2.28. The van der Waals surface area contributed by atoms with Crippen molar-refractivity contribution in [2.45, 2.75) is 46.1 Å². The molecule has 0 bridgehead atoms. The number of rotatable bonds is 7. The van der Waals surface area contributed by atoms with Crippen molar-refractivity contribution in [3.05, 3.63) is 0 Å². The van der Waals surface area contributed by atoms with Gasteiger partial charge in [-0.05, 0) is 38.6 Å². The fourth-order valence-corrected chi connectivity index (χ4v) is 1.73. The molecule has 80 valence electrons. The van der Waals surface area contributed by atoms with Gasteiger partial charge >= 0.3 is 0 Å². The van der Waals surface area contributed by atoms with Gasteiger partial charge < -0.3 is 10.1 Å². The van der Waals surface area contributed by atoms with Gasteiger partial charge in [-0.25, -0.2) is 0 Å². The van der Waals surface area contributed by atoms with Crippen molar-refractivity contribution in [1.29, 1.82) is 0 Å². The maximum Gasteiger partial charge on any atom is 0.0462 e. The molecule has 0 aliphatic carbocycles. The quantitative estimate of drug-likeness (QED) is 0.618. The van der Waals surface area contributed by atoms with E-state index in [1.165, 1.54) is 19.3 Å². The van der Waals surface area contributed by atoms with Gasteiger partial charge in [0, 0.05) is 19.8 Å². The smallest absolute Gasteiger partial charge is 0.0462 e. The summed E-state index contributed by atoms with van der Waals surface area (Å²) in [7, 11) is 3.79. The van der Waals surface area contributed by atoms with E-state index in [0.717, 1.165) is 6.61 Å². The largest absolute Gasteiger partial charge is 0.385 e. The van der Waals surface area contributed by atoms with Gasteiger partial charge in [0.05, 0.1) is 0 Å². The van der Waals surface area contributed by atoms with E-state index in [-0.39, 0.29) is 0 Å². The van der Waals surface area contributed by atoms with Gasteiger partial charge in [0.15, 0.2) is 0 Å². The van der Waals surface area contributed by atoms with Gasteiger partial charge in [-0.2, -0.15) is 0 Å². The Balaban J connectivity index is 3.65. The molecule has 1 unspecified atom stereocenters. The molecule has 0 aliphatic heterocycles. The Kier molecular flexibility index (Phi) is 6.35. The first kappa shape index (κ1) is 12.9. The Morgan fingerprint density at radius 3 is 2.46 bits per heavy atom. The molecular weight excluding hydrogens is 162 g/mol. The molecule has 1 N–H and O–H groups in total. The zero-order valence-electron chi connectivity index (χ0n) is 9.81. The lowest BCUT2D eigenvalue weighted by molar-refractivity contribution is 0.168. The number of methoxy groups -OCH3 is 1. The van der Waals surface area contributed by atoms with Crippen molar-refractivity contribution in [2.24, 2.45) is 5.41 Å². The Morgan fingerprint density at radius 1 is 1.38 bits per heavy atom. The normalized spacial score (nSPS) is 14.5. The minimum absolute atomic E-state index is 0.432. The molecule has 0 aromatic carbocycles. The summed E-state index contributed by atoms with van der Waals surface area (Å²) in [5.41, 5.74) is 0.432. The summed E-state index contributed by atoms with van der Waals surface area (Å²) in [5, 5.41) is 3.28. The summed E-state index contributed by atoms with van der Waals surface area (Å²) >= 11 is 0. The molecule has 0 radical (unpaired) electrons. The molecule has 0 heterocycles. The zero-order valence-corrected chi connectivity index (χ0v) is 9.81. The second kappa shape index (κ2) is 6.39. The molecule has 2 heteroatoms. The fraction of sp³-hybridized carbons (Fsp3) is 1.00. The summed E-state index contributed by atoms with van der Waals surface area (Å²) < 4.78 is 5.05. The second-order valence-corrected chi connectivity index (χ2v) is 4.65. The van der Waals surface area contributed by atoms with E-state index in [0.29, 0.717) is 11.5 Å². The molecule has 0 aromatic heterocycles. The highest BCUT2D eigenvalue weighted by atomic mass is 16.5. The van der Waals surface area contributed by atoms with E-state index >= 15 is 0 Å². The molecule has 1 atom stereocenters. The minimum Gasteiger partial charge on any atom is -0.385 e. The molecule has 0 fully saturated rings. The Morgan fingerprint density at radius 2 is 2.00 bits per heavy atom. The summed E-state index contributed by atoms with van der Waals surface area (Å²) in [5.74, 6) is 0. The number of ether oxygens (including phenoxy) is 1. The van der Waals surface area contributed by atoms with E-state index in [4.69, 9.17) is 4.74 Å². The second-order valence-electron chi connectivity index (χ2n) is 4.65. The van der Waals surface area contributed by atoms with E-state index in [1.807, 2.05) is 7.05 Å². The molecule has 0 saturated carbocycles. The van der Waals surface area contributed by atoms with E-state index in [1.54, 1.807) is 7.11 Å². The van der Waals surface area contributed by atoms with Crippen molar-refractivity contribution in [2.75, 3.05) is 20.8 Å². The van der Waals surface area contributed by atoms with Crippen LogP contribution in [0.2, 0.25) is 0 Å². The predicted octanol–water partition coefficient (Wildman–Crippen LogP) is 2.44. The van der Waals surface area contributed by atoms with Crippen LogP contribution in [0.25, 0.3) is 0 Å². The number of nitrogens with one attached hydrogen (secondary N) is 1. The van der Waals surface area contributed by atoms with Gasteiger partial charge in [-0.3, -0.25) is 0 Å². The average molecular weight is 187 g/mol. The SMILES string of the molecule is CNC(C)CC(C)(C)CCCOC. The average Bonchev–Trinajstić information content (AvgIpc) is 2.03. The van der Waals surface area contributed by atoms with Gasteiger partial charge in [0.2, 0.25) is 0 Å². The molecule has 0 spiro atoms. The van der Waals surface area contributed by atoms with Crippen molar-refractivity contribution in [3.8, 4) is 0 Å². The highest BCUT2D eigenvalue weighted by Gasteiger charge is 2.19.